The molecule has 1 amide bonds. The average molecular weight is 828 g/mol. The smallest absolute Gasteiger partial charge is 0.410 e. The molecule has 2 bridgehead atoms. The van der Waals surface area contributed by atoms with Crippen molar-refractivity contribution in [2.45, 2.75) is 83.4 Å². The number of carbonyl (C=O) groups is 2. The van der Waals surface area contributed by atoms with Crippen LogP contribution in [-0.4, -0.2) is 51.6 Å². The molecule has 10 rings (SSSR count). The van der Waals surface area contributed by atoms with Crippen LogP contribution in [0.4, 0.5) is 26.7 Å². The first-order valence-corrected chi connectivity index (χ1v) is 20.5. The lowest BCUT2D eigenvalue weighted by atomic mass is 9.32. The minimum Gasteiger partial charge on any atom is -0.410 e. The zero-order valence-corrected chi connectivity index (χ0v) is 33.3. The summed E-state index contributed by atoms with van der Waals surface area (Å²) in [7, 11) is 0. The number of hydrogen-bond donors (Lipinski definition) is 2. The highest BCUT2D eigenvalue weighted by atomic mass is 19.4. The van der Waals surface area contributed by atoms with Crippen LogP contribution in [0.1, 0.15) is 74.7 Å². The highest BCUT2D eigenvalue weighted by molar-refractivity contribution is 6.10. The molecule has 2 spiro atoms. The number of halogens is 5. The van der Waals surface area contributed by atoms with E-state index in [1.165, 1.54) is 35.2 Å². The van der Waals surface area contributed by atoms with Gasteiger partial charge >= 0.3 is 12.5 Å². The highest BCUT2D eigenvalue weighted by Gasteiger charge is 2.74. The van der Waals surface area contributed by atoms with Crippen molar-refractivity contribution >= 4 is 22.6 Å². The van der Waals surface area contributed by atoms with Crippen molar-refractivity contribution in [1.29, 1.82) is 0 Å². The van der Waals surface area contributed by atoms with Crippen molar-refractivity contribution in [2.24, 2.45) is 33.5 Å². The number of fused-ring (bicyclic) bond motifs is 2. The molecule has 60 heavy (non-hydrogen) atoms. The summed E-state index contributed by atoms with van der Waals surface area (Å²) in [6.45, 7) is 3.93. The fraction of sp³-hybridized carbons (Fsp3) is 0.417. The molecule has 0 radical (unpaired) electrons. The first kappa shape index (κ1) is 40.3. The largest absolute Gasteiger partial charge is 0.573 e. The normalized spacial score (nSPS) is 32.8. The number of rotatable bonds is 8. The van der Waals surface area contributed by atoms with E-state index in [1.807, 2.05) is 43.3 Å². The molecule has 6 aliphatic rings. The van der Waals surface area contributed by atoms with Gasteiger partial charge in [0.05, 0.1) is 18.2 Å². The van der Waals surface area contributed by atoms with Crippen molar-refractivity contribution in [1.82, 2.24) is 4.90 Å². The van der Waals surface area contributed by atoms with E-state index in [1.54, 1.807) is 12.1 Å². The van der Waals surface area contributed by atoms with E-state index < -0.39 is 63.6 Å². The Morgan fingerprint density at radius 1 is 0.800 bits per heavy atom. The number of aliphatic hydroxyl groups is 2. The van der Waals surface area contributed by atoms with Gasteiger partial charge in [0.2, 0.25) is 0 Å². The summed E-state index contributed by atoms with van der Waals surface area (Å²) >= 11 is 0. The van der Waals surface area contributed by atoms with Crippen LogP contribution in [0.15, 0.2) is 109 Å². The van der Waals surface area contributed by atoms with E-state index in [2.05, 4.69) is 23.8 Å². The number of amides is 1. The molecule has 12 heteroatoms. The zero-order chi connectivity index (χ0) is 42.5. The molecule has 1 unspecified atom stereocenters. The molecule has 7 nitrogen and oxygen atoms in total. The summed E-state index contributed by atoms with van der Waals surface area (Å²) in [6.07, 6.45) is 3.61. The predicted molar refractivity (Wildman–Crippen MR) is 213 cm³/mol. The molecule has 0 heterocycles. The van der Waals surface area contributed by atoms with Crippen LogP contribution in [-0.2, 0) is 6.54 Å². The lowest BCUT2D eigenvalue weighted by Crippen LogP contribution is -2.67. The van der Waals surface area contributed by atoms with Crippen molar-refractivity contribution in [3.8, 4) is 11.5 Å². The van der Waals surface area contributed by atoms with Crippen LogP contribution in [0.2, 0.25) is 0 Å². The lowest BCUT2D eigenvalue weighted by molar-refractivity contribution is -0.274. The van der Waals surface area contributed by atoms with Gasteiger partial charge in [0.1, 0.15) is 11.5 Å². The minimum atomic E-state index is -4.88. The van der Waals surface area contributed by atoms with E-state index in [9.17, 15) is 41.8 Å². The quantitative estimate of drug-likeness (QED) is 0.104. The van der Waals surface area contributed by atoms with Crippen LogP contribution in [0.5, 0.6) is 11.5 Å². The third-order valence-electron chi connectivity index (χ3n) is 15.3. The average Bonchev–Trinajstić information content (AvgIpc) is 3.48. The number of aliphatic hydroxyl groups excluding tert-OH is 1. The number of Topliss-reactive ketones (excluding diaryl/α,β-unsaturated/α-hetero) is 1. The van der Waals surface area contributed by atoms with Gasteiger partial charge in [-0.15, -0.1) is 13.2 Å². The third kappa shape index (κ3) is 6.27. The molecule has 0 aromatic heterocycles. The molecular formula is C48H46F5NO6. The van der Waals surface area contributed by atoms with Crippen molar-refractivity contribution < 1.29 is 51.2 Å². The number of ketones is 1. The number of alkyl halides is 3. The highest BCUT2D eigenvalue weighted by Crippen LogP contribution is 2.78. The second-order valence-electron chi connectivity index (χ2n) is 18.2. The Balaban J connectivity index is 1.09. The molecule has 6 aliphatic carbocycles. The molecule has 0 saturated heterocycles. The first-order valence-electron chi connectivity index (χ1n) is 20.5. The van der Waals surface area contributed by atoms with Gasteiger partial charge in [-0.25, -0.2) is 13.6 Å². The molecule has 314 valence electrons. The van der Waals surface area contributed by atoms with E-state index in [4.69, 9.17) is 4.74 Å². The third-order valence-corrected chi connectivity index (χ3v) is 15.3. The Bertz CT molecular complexity index is 2450. The summed E-state index contributed by atoms with van der Waals surface area (Å²) in [5, 5.41) is 25.9. The van der Waals surface area contributed by atoms with Crippen LogP contribution in [0.3, 0.4) is 0 Å². The van der Waals surface area contributed by atoms with Gasteiger partial charge in [0, 0.05) is 33.9 Å². The zero-order valence-electron chi connectivity index (χ0n) is 33.3. The second kappa shape index (κ2) is 14.0. The number of ether oxygens (including phenoxy) is 2. The Labute approximate surface area is 344 Å². The maximum atomic E-state index is 14.8. The van der Waals surface area contributed by atoms with E-state index in [-0.39, 0.29) is 48.1 Å². The van der Waals surface area contributed by atoms with Gasteiger partial charge in [-0.05, 0) is 121 Å². The molecule has 3 saturated carbocycles. The maximum Gasteiger partial charge on any atom is 0.573 e. The summed E-state index contributed by atoms with van der Waals surface area (Å²) in [6, 6.07) is 21.2. The van der Waals surface area contributed by atoms with E-state index in [0.29, 0.717) is 49.7 Å². The van der Waals surface area contributed by atoms with Crippen molar-refractivity contribution in [2.75, 3.05) is 6.54 Å². The monoisotopic (exact) mass is 827 g/mol. The second-order valence-corrected chi connectivity index (χ2v) is 18.2. The number of hydrogen-bond acceptors (Lipinski definition) is 6. The van der Waals surface area contributed by atoms with Gasteiger partial charge in [-0.2, -0.15) is 0 Å². The molecule has 8 atom stereocenters. The van der Waals surface area contributed by atoms with E-state index in [0.717, 1.165) is 22.9 Å². The summed E-state index contributed by atoms with van der Waals surface area (Å²) in [4.78, 5) is 30.5. The molecular weight excluding hydrogens is 782 g/mol. The van der Waals surface area contributed by atoms with Crippen LogP contribution in [0.25, 0.3) is 10.8 Å². The van der Waals surface area contributed by atoms with Crippen molar-refractivity contribution in [3.05, 3.63) is 131 Å². The lowest BCUT2D eigenvalue weighted by Gasteiger charge is -2.71. The van der Waals surface area contributed by atoms with Crippen LogP contribution < -0.4 is 9.47 Å². The Morgan fingerprint density at radius 3 is 2.22 bits per heavy atom. The SMILES string of the molecule is C[C@]12CC[C@H]3[C@]4(C=C[C@@]5(C=C4C(=O)c4ccc(F)c(F)c4)CC(O)CC[C@]35C)[C@@H]1CC[C@@]2(O)CN(Cc1ccc(OC(F)(F)F)cc1)C(=O)Oc1ccc2ccccc2c1. The molecule has 2 N–H and O–H groups in total. The van der Waals surface area contributed by atoms with Gasteiger partial charge in [0.15, 0.2) is 17.4 Å². The van der Waals surface area contributed by atoms with Gasteiger partial charge in [-0.1, -0.05) is 74.5 Å². The number of carbonyl (C=O) groups excluding carboxylic acids is 2. The molecule has 0 aliphatic heterocycles. The van der Waals surface area contributed by atoms with Gasteiger partial charge in [-0.3, -0.25) is 4.79 Å². The number of benzene rings is 4. The first-order chi connectivity index (χ1) is 28.4. The van der Waals surface area contributed by atoms with Crippen LogP contribution >= 0.6 is 0 Å². The van der Waals surface area contributed by atoms with Crippen molar-refractivity contribution in [3.63, 3.8) is 0 Å². The summed E-state index contributed by atoms with van der Waals surface area (Å²) < 4.78 is 77.8. The molecule has 4 aromatic rings. The van der Waals surface area contributed by atoms with Crippen LogP contribution in [0, 0.1) is 45.1 Å². The minimum absolute atomic E-state index is 0.0125. The summed E-state index contributed by atoms with van der Waals surface area (Å²) in [5.41, 5.74) is -3.39. The predicted octanol–water partition coefficient (Wildman–Crippen LogP) is 10.5. The van der Waals surface area contributed by atoms with Gasteiger partial charge < -0.3 is 24.6 Å². The fourth-order valence-electron chi connectivity index (χ4n) is 12.3. The molecule has 3 fully saturated rings. The maximum absolute atomic E-state index is 14.8. The topological polar surface area (TPSA) is 96.3 Å². The number of allylic oxidation sites excluding steroid dienone is 4. The van der Waals surface area contributed by atoms with Gasteiger partial charge in [0.25, 0.3) is 0 Å². The fourth-order valence-corrected chi connectivity index (χ4v) is 12.3. The molecule has 4 aromatic carbocycles. The Hall–Kier alpha value is -5.07. The Morgan fingerprint density at radius 2 is 1.48 bits per heavy atom. The Kier molecular flexibility index (Phi) is 9.40. The summed E-state index contributed by atoms with van der Waals surface area (Å²) in [5.74, 6) is -3.18. The number of nitrogens with zero attached hydrogens (tertiary/aromatic N) is 1. The van der Waals surface area contributed by atoms with E-state index >= 15 is 0 Å². The standard InChI is InChI=1S/C48H46F5NO6/c1-43-18-15-33(55)25-45(43)21-22-47(36(26-45)41(56)32-10-14-37(49)38(50)24-32)39(43)16-19-44(2)40(47)17-20-46(44,58)28-54(27-29-7-11-34(12-8-29)60-48(51,52)53)42(57)59-35-13-9-30-5-3-4-6-31(30)23-35/h3-14,21-24,26,33,39-40,55,58H,15-20,25,27-28H2,1-2H3/t33?,39-,40-,43-,44+,45+,46-,47-/m1/s1.